The monoisotopic (exact) mass is 312 g/mol. The number of amides is 1. The van der Waals surface area contributed by atoms with Crippen molar-refractivity contribution in [3.63, 3.8) is 0 Å². The van der Waals surface area contributed by atoms with Crippen LogP contribution in [0.5, 0.6) is 0 Å². The molecular formula is C18H24N4O. The number of rotatable bonds is 7. The molecule has 0 aliphatic rings. The minimum absolute atomic E-state index is 0.101. The van der Waals surface area contributed by atoms with Crippen LogP contribution in [0.3, 0.4) is 0 Å². The third kappa shape index (κ3) is 4.79. The highest BCUT2D eigenvalue weighted by atomic mass is 16.1. The van der Waals surface area contributed by atoms with Gasteiger partial charge in [0.15, 0.2) is 0 Å². The number of nitrogens with one attached hydrogen (secondary N) is 2. The Hall–Kier alpha value is -2.40. The van der Waals surface area contributed by atoms with E-state index in [1.54, 1.807) is 12.3 Å². The van der Waals surface area contributed by atoms with E-state index in [4.69, 9.17) is 0 Å². The van der Waals surface area contributed by atoms with Crippen LogP contribution in [0, 0.1) is 0 Å². The molecular weight excluding hydrogens is 288 g/mol. The number of pyridine rings is 1. The van der Waals surface area contributed by atoms with Crippen molar-refractivity contribution in [2.24, 2.45) is 0 Å². The van der Waals surface area contributed by atoms with Gasteiger partial charge in [-0.1, -0.05) is 25.1 Å². The van der Waals surface area contributed by atoms with Gasteiger partial charge in [0.1, 0.15) is 5.82 Å². The van der Waals surface area contributed by atoms with Crippen molar-refractivity contribution >= 4 is 17.4 Å². The second kappa shape index (κ2) is 8.29. The van der Waals surface area contributed by atoms with Gasteiger partial charge in [0.25, 0.3) is 5.91 Å². The first-order valence-electron chi connectivity index (χ1n) is 7.88. The predicted molar refractivity (Wildman–Crippen MR) is 94.2 cm³/mol. The number of likely N-dealkylation sites (N-methyl/N-ethyl adjacent to an activating group) is 1. The highest BCUT2D eigenvalue weighted by Gasteiger charge is 2.10. The fourth-order valence-electron chi connectivity index (χ4n) is 2.27. The number of para-hydroxylation sites is 1. The van der Waals surface area contributed by atoms with E-state index in [9.17, 15) is 4.79 Å². The summed E-state index contributed by atoms with van der Waals surface area (Å²) < 4.78 is 0. The molecule has 0 aliphatic carbocycles. The quantitative estimate of drug-likeness (QED) is 0.825. The summed E-state index contributed by atoms with van der Waals surface area (Å²) in [4.78, 5) is 18.5. The molecule has 1 aromatic carbocycles. The number of hydrogen-bond acceptors (Lipinski definition) is 4. The standard InChI is InChI=1S/C18H24N4O/c1-4-19-14(2)12-21-18(23)15-10-11-17(20-13-15)22(3)16-8-6-5-7-9-16/h5-11,13-14,19H,4,12H2,1-3H3,(H,21,23)/t14-/m1/s1. The summed E-state index contributed by atoms with van der Waals surface area (Å²) in [5, 5.41) is 6.17. The molecule has 0 saturated carbocycles. The highest BCUT2D eigenvalue weighted by molar-refractivity contribution is 5.94. The van der Waals surface area contributed by atoms with Crippen molar-refractivity contribution < 1.29 is 4.79 Å². The lowest BCUT2D eigenvalue weighted by Gasteiger charge is -2.18. The van der Waals surface area contributed by atoms with Gasteiger partial charge in [-0.3, -0.25) is 4.79 Å². The molecule has 0 radical (unpaired) electrons. The molecule has 2 aromatic rings. The smallest absolute Gasteiger partial charge is 0.252 e. The molecule has 1 amide bonds. The van der Waals surface area contributed by atoms with Gasteiger partial charge in [0.05, 0.1) is 5.56 Å². The number of benzene rings is 1. The van der Waals surface area contributed by atoms with Gasteiger partial charge in [0.2, 0.25) is 0 Å². The number of aromatic nitrogens is 1. The molecule has 1 aromatic heterocycles. The summed E-state index contributed by atoms with van der Waals surface area (Å²) in [6, 6.07) is 13.9. The lowest BCUT2D eigenvalue weighted by Crippen LogP contribution is -2.38. The van der Waals surface area contributed by atoms with Crippen molar-refractivity contribution in [1.29, 1.82) is 0 Å². The normalized spacial score (nSPS) is 11.8. The van der Waals surface area contributed by atoms with Crippen LogP contribution >= 0.6 is 0 Å². The van der Waals surface area contributed by atoms with Crippen molar-refractivity contribution in [3.05, 3.63) is 54.2 Å². The van der Waals surface area contributed by atoms with Gasteiger partial charge in [-0.05, 0) is 37.7 Å². The Morgan fingerprint density at radius 1 is 1.22 bits per heavy atom. The van der Waals surface area contributed by atoms with E-state index in [2.05, 4.69) is 15.6 Å². The number of carbonyl (C=O) groups excluding carboxylic acids is 1. The van der Waals surface area contributed by atoms with Crippen LogP contribution in [0.25, 0.3) is 0 Å². The zero-order chi connectivity index (χ0) is 16.7. The molecule has 2 rings (SSSR count). The van der Waals surface area contributed by atoms with E-state index in [-0.39, 0.29) is 11.9 Å². The second-order valence-corrected chi connectivity index (χ2v) is 5.47. The maximum atomic E-state index is 12.1. The van der Waals surface area contributed by atoms with Crippen LogP contribution in [0.2, 0.25) is 0 Å². The first kappa shape index (κ1) is 17.0. The molecule has 23 heavy (non-hydrogen) atoms. The molecule has 1 atom stereocenters. The van der Waals surface area contributed by atoms with Crippen LogP contribution < -0.4 is 15.5 Å². The Labute approximate surface area is 137 Å². The Bertz CT molecular complexity index is 613. The minimum Gasteiger partial charge on any atom is -0.350 e. The summed E-state index contributed by atoms with van der Waals surface area (Å²) >= 11 is 0. The number of carbonyl (C=O) groups is 1. The fourth-order valence-corrected chi connectivity index (χ4v) is 2.27. The summed E-state index contributed by atoms with van der Waals surface area (Å²) in [5.41, 5.74) is 1.62. The summed E-state index contributed by atoms with van der Waals surface area (Å²) in [6.45, 7) is 5.57. The van der Waals surface area contributed by atoms with E-state index in [0.29, 0.717) is 12.1 Å². The Balaban J connectivity index is 1.97. The summed E-state index contributed by atoms with van der Waals surface area (Å²) in [7, 11) is 1.95. The SMILES string of the molecule is CCN[C@H](C)CNC(=O)c1ccc(N(C)c2ccccc2)nc1. The third-order valence-electron chi connectivity index (χ3n) is 3.62. The molecule has 0 spiro atoms. The predicted octanol–water partition coefficient (Wildman–Crippen LogP) is 2.58. The Morgan fingerprint density at radius 2 is 1.96 bits per heavy atom. The third-order valence-corrected chi connectivity index (χ3v) is 3.62. The van der Waals surface area contributed by atoms with Crippen LogP contribution in [0.15, 0.2) is 48.7 Å². The maximum absolute atomic E-state index is 12.1. The Kier molecular flexibility index (Phi) is 6.11. The molecule has 0 unspecified atom stereocenters. The van der Waals surface area contributed by atoms with Gasteiger partial charge in [-0.25, -0.2) is 4.98 Å². The zero-order valence-corrected chi connectivity index (χ0v) is 13.9. The molecule has 1 heterocycles. The molecule has 0 saturated heterocycles. The van der Waals surface area contributed by atoms with E-state index in [0.717, 1.165) is 18.1 Å². The first-order valence-corrected chi connectivity index (χ1v) is 7.88. The lowest BCUT2D eigenvalue weighted by molar-refractivity contribution is 0.0950. The van der Waals surface area contributed by atoms with Crippen LogP contribution in [-0.4, -0.2) is 37.1 Å². The van der Waals surface area contributed by atoms with Gasteiger partial charge in [-0.15, -0.1) is 0 Å². The number of nitrogens with zero attached hydrogens (tertiary/aromatic N) is 2. The van der Waals surface area contributed by atoms with Crippen molar-refractivity contribution in [2.75, 3.05) is 25.0 Å². The molecule has 2 N–H and O–H groups in total. The van der Waals surface area contributed by atoms with E-state index >= 15 is 0 Å². The van der Waals surface area contributed by atoms with Crippen LogP contribution in [0.4, 0.5) is 11.5 Å². The number of anilines is 2. The van der Waals surface area contributed by atoms with Crippen molar-refractivity contribution in [3.8, 4) is 0 Å². The van der Waals surface area contributed by atoms with Crippen molar-refractivity contribution in [1.82, 2.24) is 15.6 Å². The summed E-state index contributed by atoms with van der Waals surface area (Å²) in [6.07, 6.45) is 1.61. The maximum Gasteiger partial charge on any atom is 0.252 e. The summed E-state index contributed by atoms with van der Waals surface area (Å²) in [5.74, 6) is 0.699. The second-order valence-electron chi connectivity index (χ2n) is 5.47. The average molecular weight is 312 g/mol. The fraction of sp³-hybridized carbons (Fsp3) is 0.333. The van der Waals surface area contributed by atoms with Crippen molar-refractivity contribution in [2.45, 2.75) is 19.9 Å². The van der Waals surface area contributed by atoms with E-state index in [1.807, 2.05) is 62.2 Å². The molecule has 0 bridgehead atoms. The highest BCUT2D eigenvalue weighted by Crippen LogP contribution is 2.20. The minimum atomic E-state index is -0.101. The topological polar surface area (TPSA) is 57.3 Å². The average Bonchev–Trinajstić information content (AvgIpc) is 2.60. The van der Waals surface area contributed by atoms with Gasteiger partial charge in [-0.2, -0.15) is 0 Å². The first-order chi connectivity index (χ1) is 11.1. The molecule has 0 aliphatic heterocycles. The molecule has 0 fully saturated rings. The lowest BCUT2D eigenvalue weighted by atomic mass is 10.2. The molecule has 5 heteroatoms. The molecule has 5 nitrogen and oxygen atoms in total. The van der Waals surface area contributed by atoms with Gasteiger partial charge < -0.3 is 15.5 Å². The molecule has 122 valence electrons. The zero-order valence-electron chi connectivity index (χ0n) is 13.9. The largest absolute Gasteiger partial charge is 0.350 e. The van der Waals surface area contributed by atoms with Crippen LogP contribution in [0.1, 0.15) is 24.2 Å². The van der Waals surface area contributed by atoms with E-state index in [1.165, 1.54) is 0 Å². The Morgan fingerprint density at radius 3 is 2.57 bits per heavy atom. The van der Waals surface area contributed by atoms with Crippen LogP contribution in [-0.2, 0) is 0 Å². The van der Waals surface area contributed by atoms with Gasteiger partial charge >= 0.3 is 0 Å². The van der Waals surface area contributed by atoms with Gasteiger partial charge in [0, 0.05) is 31.5 Å². The van der Waals surface area contributed by atoms with E-state index < -0.39 is 0 Å². The number of hydrogen-bond donors (Lipinski definition) is 2.